The number of rotatable bonds is 1. The number of hydrogen-bond donors (Lipinski definition) is 1. The average Bonchev–Trinajstić information content (AvgIpc) is 2.65. The smallest absolute Gasteiger partial charge is 0.235 e. The van der Waals surface area contributed by atoms with E-state index in [4.69, 9.17) is 0 Å². The zero-order chi connectivity index (χ0) is 13.3. The lowest BCUT2D eigenvalue weighted by Gasteiger charge is -2.18. The van der Waals surface area contributed by atoms with Gasteiger partial charge in [-0.05, 0) is 20.3 Å². The van der Waals surface area contributed by atoms with Crippen molar-refractivity contribution in [3.63, 3.8) is 0 Å². The summed E-state index contributed by atoms with van der Waals surface area (Å²) in [6.07, 6.45) is 4.84. The van der Waals surface area contributed by atoms with Gasteiger partial charge in [0.05, 0.1) is 17.0 Å². The molecule has 5 heteroatoms. The molecular weight excluding hydrogens is 230 g/mol. The van der Waals surface area contributed by atoms with E-state index in [1.54, 1.807) is 4.68 Å². The highest BCUT2D eigenvalue weighted by Gasteiger charge is 2.30. The molecule has 96 valence electrons. The van der Waals surface area contributed by atoms with Crippen LogP contribution >= 0.6 is 0 Å². The number of carbonyl (C=O) groups is 2. The Balaban J connectivity index is 2.53. The van der Waals surface area contributed by atoms with Crippen LogP contribution in [-0.4, -0.2) is 21.6 Å². The normalized spacial score (nSPS) is 22.5. The second kappa shape index (κ2) is 4.76. The molecule has 2 heterocycles. The molecule has 0 saturated carbocycles. The first-order chi connectivity index (χ1) is 8.58. The molecule has 0 aromatic carbocycles. The first kappa shape index (κ1) is 12.5. The zero-order valence-corrected chi connectivity index (χ0v) is 10.9. The summed E-state index contributed by atoms with van der Waals surface area (Å²) in [7, 11) is 1.86. The predicted molar refractivity (Wildman–Crippen MR) is 67.9 cm³/mol. The van der Waals surface area contributed by atoms with Crippen molar-refractivity contribution in [2.45, 2.75) is 32.6 Å². The van der Waals surface area contributed by atoms with Gasteiger partial charge in [-0.1, -0.05) is 12.2 Å². The predicted octanol–water partition coefficient (Wildman–Crippen LogP) is -0.459. The number of carbonyl (C=O) groups excluding carboxylic acids is 2. The van der Waals surface area contributed by atoms with Crippen molar-refractivity contribution in [2.75, 3.05) is 0 Å². The second-order valence-corrected chi connectivity index (χ2v) is 4.39. The van der Waals surface area contributed by atoms with Crippen LogP contribution in [0.2, 0.25) is 0 Å². The van der Waals surface area contributed by atoms with Gasteiger partial charge in [0.2, 0.25) is 11.8 Å². The number of aryl methyl sites for hydroxylation is 1. The summed E-state index contributed by atoms with van der Waals surface area (Å²) in [5.41, 5.74) is 0.762. The maximum Gasteiger partial charge on any atom is 0.235 e. The zero-order valence-electron chi connectivity index (χ0n) is 10.9. The van der Waals surface area contributed by atoms with Crippen LogP contribution in [0, 0.1) is 0 Å². The molecule has 1 unspecified atom stereocenters. The fraction of sp³-hybridized carbons (Fsp3) is 0.462. The van der Waals surface area contributed by atoms with Crippen LogP contribution in [0.3, 0.4) is 0 Å². The van der Waals surface area contributed by atoms with Crippen LogP contribution in [0.15, 0.2) is 0 Å². The highest BCUT2D eigenvalue weighted by molar-refractivity contribution is 6.00. The molecule has 2 amide bonds. The van der Waals surface area contributed by atoms with Crippen LogP contribution < -0.4 is 15.9 Å². The lowest BCUT2D eigenvalue weighted by molar-refractivity contribution is -0.134. The van der Waals surface area contributed by atoms with E-state index in [-0.39, 0.29) is 17.7 Å². The molecule has 1 N–H and O–H groups in total. The van der Waals surface area contributed by atoms with Crippen molar-refractivity contribution in [2.24, 2.45) is 7.05 Å². The summed E-state index contributed by atoms with van der Waals surface area (Å²) in [5, 5.41) is 8.79. The minimum absolute atomic E-state index is 0.198. The lowest BCUT2D eigenvalue weighted by atomic mass is 9.94. The average molecular weight is 247 g/mol. The van der Waals surface area contributed by atoms with Crippen LogP contribution in [0.5, 0.6) is 0 Å². The van der Waals surface area contributed by atoms with Crippen molar-refractivity contribution >= 4 is 24.0 Å². The van der Waals surface area contributed by atoms with Crippen molar-refractivity contribution in [1.29, 1.82) is 0 Å². The maximum absolute atomic E-state index is 11.9. The molecule has 18 heavy (non-hydrogen) atoms. The number of aromatic nitrogens is 2. The van der Waals surface area contributed by atoms with Gasteiger partial charge in [-0.3, -0.25) is 19.6 Å². The Morgan fingerprint density at radius 2 is 2.06 bits per heavy atom. The summed E-state index contributed by atoms with van der Waals surface area (Å²) >= 11 is 0. The Bertz CT molecular complexity index is 613. The Morgan fingerprint density at radius 3 is 2.61 bits per heavy atom. The molecular formula is C13H17N3O2. The molecule has 1 aliphatic rings. The lowest BCUT2D eigenvalue weighted by Crippen LogP contribution is -2.41. The summed E-state index contributed by atoms with van der Waals surface area (Å²) in [6.45, 7) is 3.87. The third kappa shape index (κ3) is 1.96. The largest absolute Gasteiger partial charge is 0.296 e. The summed E-state index contributed by atoms with van der Waals surface area (Å²) in [5.74, 6) is -0.764. The first-order valence-corrected chi connectivity index (χ1v) is 6.07. The molecule has 0 spiro atoms. The second-order valence-electron chi connectivity index (χ2n) is 4.39. The van der Waals surface area contributed by atoms with Crippen LogP contribution in [-0.2, 0) is 16.6 Å². The number of piperidine rings is 1. The minimum atomic E-state index is -0.325. The molecule has 1 fully saturated rings. The Morgan fingerprint density at radius 1 is 1.33 bits per heavy atom. The summed E-state index contributed by atoms with van der Waals surface area (Å²) in [6, 6.07) is 0. The van der Waals surface area contributed by atoms with E-state index in [0.29, 0.717) is 12.8 Å². The van der Waals surface area contributed by atoms with E-state index >= 15 is 0 Å². The van der Waals surface area contributed by atoms with E-state index in [1.165, 1.54) is 0 Å². The van der Waals surface area contributed by atoms with Gasteiger partial charge in [0.25, 0.3) is 0 Å². The molecule has 1 aliphatic heterocycles. The SMILES string of the molecule is C/C=c1/c(C2CCC(=O)NC2=O)nn(C)/c1=C/C. The van der Waals surface area contributed by atoms with Gasteiger partial charge in [0, 0.05) is 18.7 Å². The Labute approximate surface area is 105 Å². The van der Waals surface area contributed by atoms with Crippen molar-refractivity contribution < 1.29 is 9.59 Å². The molecule has 1 aromatic rings. The maximum atomic E-state index is 11.9. The number of amides is 2. The molecule has 2 rings (SSSR count). The molecule has 5 nitrogen and oxygen atoms in total. The molecule has 0 bridgehead atoms. The van der Waals surface area contributed by atoms with Gasteiger partial charge in [0.1, 0.15) is 0 Å². The number of imide groups is 1. The number of hydrogen-bond acceptors (Lipinski definition) is 3. The van der Waals surface area contributed by atoms with Gasteiger partial charge < -0.3 is 0 Å². The molecule has 0 radical (unpaired) electrons. The highest BCUT2D eigenvalue weighted by atomic mass is 16.2. The number of nitrogens with zero attached hydrogens (tertiary/aromatic N) is 2. The van der Waals surface area contributed by atoms with E-state index in [1.807, 2.05) is 33.0 Å². The van der Waals surface area contributed by atoms with Crippen LogP contribution in [0.4, 0.5) is 0 Å². The standard InChI is InChI=1S/C13H17N3O2/c1-4-8-10(5-2)16(3)15-12(8)9-6-7-11(17)14-13(9)18/h4-5,9H,6-7H2,1-3H3,(H,14,17,18)/b8-4+,10-5+. The van der Waals surface area contributed by atoms with E-state index in [2.05, 4.69) is 10.4 Å². The summed E-state index contributed by atoms with van der Waals surface area (Å²) in [4.78, 5) is 23.0. The summed E-state index contributed by atoms with van der Waals surface area (Å²) < 4.78 is 1.77. The highest BCUT2D eigenvalue weighted by Crippen LogP contribution is 2.20. The Hall–Kier alpha value is -1.91. The van der Waals surface area contributed by atoms with Gasteiger partial charge in [-0.2, -0.15) is 5.10 Å². The third-order valence-electron chi connectivity index (χ3n) is 3.29. The molecule has 1 aromatic heterocycles. The first-order valence-electron chi connectivity index (χ1n) is 6.07. The van der Waals surface area contributed by atoms with Crippen LogP contribution in [0.1, 0.15) is 38.3 Å². The topological polar surface area (TPSA) is 64.0 Å². The van der Waals surface area contributed by atoms with Gasteiger partial charge in [0.15, 0.2) is 0 Å². The van der Waals surface area contributed by atoms with E-state index in [0.717, 1.165) is 16.3 Å². The number of nitrogens with one attached hydrogen (secondary N) is 1. The van der Waals surface area contributed by atoms with Gasteiger partial charge in [-0.25, -0.2) is 0 Å². The van der Waals surface area contributed by atoms with Gasteiger partial charge >= 0.3 is 0 Å². The van der Waals surface area contributed by atoms with E-state index in [9.17, 15) is 9.59 Å². The fourth-order valence-electron chi connectivity index (χ4n) is 2.42. The Kier molecular flexibility index (Phi) is 3.32. The fourth-order valence-corrected chi connectivity index (χ4v) is 2.42. The van der Waals surface area contributed by atoms with Crippen molar-refractivity contribution in [1.82, 2.24) is 15.1 Å². The molecule has 1 atom stereocenters. The monoisotopic (exact) mass is 247 g/mol. The van der Waals surface area contributed by atoms with E-state index < -0.39 is 0 Å². The van der Waals surface area contributed by atoms with Crippen molar-refractivity contribution in [3.05, 3.63) is 16.3 Å². The molecule has 0 aliphatic carbocycles. The minimum Gasteiger partial charge on any atom is -0.296 e. The van der Waals surface area contributed by atoms with Crippen molar-refractivity contribution in [3.8, 4) is 0 Å². The van der Waals surface area contributed by atoms with Gasteiger partial charge in [-0.15, -0.1) is 0 Å². The van der Waals surface area contributed by atoms with Crippen LogP contribution in [0.25, 0.3) is 12.2 Å². The third-order valence-corrected chi connectivity index (χ3v) is 3.29. The quantitative estimate of drug-likeness (QED) is 0.683. The molecule has 1 saturated heterocycles.